The highest BCUT2D eigenvalue weighted by Gasteiger charge is 2.44. The summed E-state index contributed by atoms with van der Waals surface area (Å²) >= 11 is 0. The summed E-state index contributed by atoms with van der Waals surface area (Å²) in [5.41, 5.74) is 0. The molecule has 0 aromatic heterocycles. The topological polar surface area (TPSA) is 27.7 Å². The molecule has 0 aromatic rings. The summed E-state index contributed by atoms with van der Waals surface area (Å²) in [4.78, 5) is 0. The van der Waals surface area contributed by atoms with E-state index in [1.165, 1.54) is 103 Å². The van der Waals surface area contributed by atoms with E-state index >= 15 is 0 Å². The molecule has 0 rings (SSSR count). The zero-order chi connectivity index (χ0) is 26.1. The molecule has 34 heavy (non-hydrogen) atoms. The van der Waals surface area contributed by atoms with Gasteiger partial charge in [-0.05, 0) is 65.0 Å². The van der Waals surface area contributed by atoms with Crippen molar-refractivity contribution in [2.45, 2.75) is 175 Å². The first-order valence-corrected chi connectivity index (χ1v) is 26.9. The molecule has 0 aromatic carbocycles. The Morgan fingerprint density at radius 2 is 0.706 bits per heavy atom. The van der Waals surface area contributed by atoms with Gasteiger partial charge in [0.2, 0.25) is 0 Å². The van der Waals surface area contributed by atoms with E-state index in [0.29, 0.717) is 0 Å². The fourth-order valence-corrected chi connectivity index (χ4v) is 23.1. The van der Waals surface area contributed by atoms with Gasteiger partial charge in [0.15, 0.2) is 16.6 Å². The predicted molar refractivity (Wildman–Crippen MR) is 163 cm³/mol. The Kier molecular flexibility index (Phi) is 18.5. The van der Waals surface area contributed by atoms with Gasteiger partial charge in [0, 0.05) is 0 Å². The van der Waals surface area contributed by atoms with Gasteiger partial charge in [0.25, 0.3) is 0 Å². The van der Waals surface area contributed by atoms with Gasteiger partial charge in [0.05, 0.1) is 0 Å². The van der Waals surface area contributed by atoms with Crippen LogP contribution >= 0.6 is 0 Å². The van der Waals surface area contributed by atoms with Crippen molar-refractivity contribution in [3.63, 3.8) is 0 Å². The normalized spacial score (nSPS) is 15.0. The fraction of sp³-hybridized carbons (Fsp3) is 1.00. The maximum atomic E-state index is 6.80. The predicted octanol–water partition coefficient (Wildman–Crippen LogP) is 10.7. The smallest absolute Gasteiger partial charge is 0.315 e. The van der Waals surface area contributed by atoms with Crippen LogP contribution in [0, 0.1) is 0 Å². The lowest BCUT2D eigenvalue weighted by Crippen LogP contribution is -2.56. The monoisotopic (exact) mass is 548 g/mol. The Morgan fingerprint density at radius 1 is 0.382 bits per heavy atom. The highest BCUT2D eigenvalue weighted by Crippen LogP contribution is 2.28. The van der Waals surface area contributed by atoms with Crippen molar-refractivity contribution in [1.82, 2.24) is 0 Å². The van der Waals surface area contributed by atoms with Crippen LogP contribution in [0.4, 0.5) is 0 Å². The molecule has 206 valence electrons. The number of unbranched alkanes of at least 4 members (excludes halogenated alkanes) is 15. The van der Waals surface area contributed by atoms with Crippen LogP contribution in [0.3, 0.4) is 0 Å². The molecule has 0 aliphatic rings. The average molecular weight is 549 g/mol. The molecule has 7 heteroatoms. The summed E-state index contributed by atoms with van der Waals surface area (Å²) in [7, 11) is -7.63. The molecule has 3 nitrogen and oxygen atoms in total. The lowest BCUT2D eigenvalue weighted by atomic mass is 10.0. The van der Waals surface area contributed by atoms with E-state index in [1.807, 2.05) is 0 Å². The van der Waals surface area contributed by atoms with Gasteiger partial charge in [-0.2, -0.15) is 0 Å². The van der Waals surface area contributed by atoms with Crippen molar-refractivity contribution < 1.29 is 12.3 Å². The second kappa shape index (κ2) is 18.1. The first-order chi connectivity index (χ1) is 15.7. The van der Waals surface area contributed by atoms with Gasteiger partial charge < -0.3 is 12.3 Å². The van der Waals surface area contributed by atoms with E-state index in [9.17, 15) is 0 Å². The Bertz CT molecular complexity index is 489. The molecule has 0 saturated carbocycles. The minimum Gasteiger partial charge on any atom is -0.437 e. The molecule has 1 unspecified atom stereocenters. The van der Waals surface area contributed by atoms with E-state index in [2.05, 4.69) is 65.8 Å². The lowest BCUT2D eigenvalue weighted by Gasteiger charge is -2.41. The number of rotatable bonds is 23. The van der Waals surface area contributed by atoms with Crippen molar-refractivity contribution >= 4 is 33.8 Å². The molecule has 0 amide bonds. The Labute approximate surface area is 220 Å². The number of hydrogen-bond donors (Lipinski definition) is 0. The highest BCUT2D eigenvalue weighted by atomic mass is 28.5. The fourth-order valence-electron chi connectivity index (χ4n) is 5.04. The summed E-state index contributed by atoms with van der Waals surface area (Å²) in [5.74, 6) is 0. The molecule has 0 radical (unpaired) electrons. The average Bonchev–Trinajstić information content (AvgIpc) is 2.63. The largest absolute Gasteiger partial charge is 0.437 e. The molecular formula is C27H64O3Si4. The molecule has 0 N–H and O–H groups in total. The zero-order valence-electron chi connectivity index (χ0n) is 25.2. The van der Waals surface area contributed by atoms with Crippen molar-refractivity contribution in [3.8, 4) is 0 Å². The first kappa shape index (κ1) is 34.7. The second-order valence-corrected chi connectivity index (χ2v) is 29.6. The van der Waals surface area contributed by atoms with Gasteiger partial charge in [-0.1, -0.05) is 110 Å². The quantitative estimate of drug-likeness (QED) is 0.0938. The van der Waals surface area contributed by atoms with E-state index in [-0.39, 0.29) is 0 Å². The lowest BCUT2D eigenvalue weighted by molar-refractivity contribution is 0.322. The van der Waals surface area contributed by atoms with Crippen LogP contribution in [0.25, 0.3) is 0 Å². The van der Waals surface area contributed by atoms with Crippen LogP contribution in [0.15, 0.2) is 0 Å². The first-order valence-electron chi connectivity index (χ1n) is 14.8. The summed E-state index contributed by atoms with van der Waals surface area (Å²) in [6.45, 7) is 22.7. The summed E-state index contributed by atoms with van der Waals surface area (Å²) in [6, 6.07) is 1.11. The van der Waals surface area contributed by atoms with Gasteiger partial charge in [-0.3, -0.25) is 0 Å². The standard InChI is InChI=1S/C27H64O3Si4/c1-11-12-13-14-15-16-17-18-19-20-21-22-23-24-25-26-27-34(10,29-32(5,6)7)30-33(8,9)28-31(2,3)4/h11-27H2,1-10H3. The van der Waals surface area contributed by atoms with Gasteiger partial charge in [-0.25, -0.2) is 0 Å². The number of hydrogen-bond acceptors (Lipinski definition) is 3. The van der Waals surface area contributed by atoms with Crippen LogP contribution < -0.4 is 0 Å². The van der Waals surface area contributed by atoms with Crippen molar-refractivity contribution in [1.29, 1.82) is 0 Å². The molecule has 0 spiro atoms. The van der Waals surface area contributed by atoms with E-state index < -0.39 is 33.8 Å². The molecule has 0 fully saturated rings. The maximum absolute atomic E-state index is 6.80. The van der Waals surface area contributed by atoms with Crippen LogP contribution in [-0.2, 0) is 12.3 Å². The third-order valence-corrected chi connectivity index (χ3v) is 19.6. The summed E-state index contributed by atoms with van der Waals surface area (Å²) < 4.78 is 20.0. The highest BCUT2D eigenvalue weighted by molar-refractivity contribution is 6.89. The van der Waals surface area contributed by atoms with E-state index in [4.69, 9.17) is 12.3 Å². The van der Waals surface area contributed by atoms with Crippen LogP contribution in [0.1, 0.15) is 110 Å². The molecule has 0 aliphatic heterocycles. The van der Waals surface area contributed by atoms with Crippen LogP contribution in [0.2, 0.25) is 65.0 Å². The minimum absolute atomic E-state index is 1.11. The Morgan fingerprint density at radius 3 is 1.03 bits per heavy atom. The van der Waals surface area contributed by atoms with Crippen molar-refractivity contribution in [2.24, 2.45) is 0 Å². The van der Waals surface area contributed by atoms with Crippen molar-refractivity contribution in [2.75, 3.05) is 0 Å². The van der Waals surface area contributed by atoms with Gasteiger partial charge in [0.1, 0.15) is 0 Å². The summed E-state index contributed by atoms with van der Waals surface area (Å²) in [5, 5.41) is 0. The zero-order valence-corrected chi connectivity index (χ0v) is 29.2. The molecule has 1 atom stereocenters. The SMILES string of the molecule is CCCCCCCCCCCCCCCCCC[Si](C)(O[Si](C)(C)C)O[Si](C)(C)O[Si](C)(C)C. The Balaban J connectivity index is 4.01. The van der Waals surface area contributed by atoms with Crippen molar-refractivity contribution in [3.05, 3.63) is 0 Å². The molecule has 0 heterocycles. The Hall–Kier alpha value is 0.748. The van der Waals surface area contributed by atoms with Gasteiger partial charge in [-0.15, -0.1) is 0 Å². The molecule has 0 aliphatic carbocycles. The van der Waals surface area contributed by atoms with Crippen LogP contribution in [-0.4, -0.2) is 33.8 Å². The second-order valence-electron chi connectivity index (χ2n) is 13.1. The molecular weight excluding hydrogens is 485 g/mol. The van der Waals surface area contributed by atoms with Gasteiger partial charge >= 0.3 is 17.1 Å². The van der Waals surface area contributed by atoms with E-state index in [0.717, 1.165) is 6.04 Å². The third-order valence-electron chi connectivity index (χ3n) is 6.02. The van der Waals surface area contributed by atoms with Crippen LogP contribution in [0.5, 0.6) is 0 Å². The molecule has 0 saturated heterocycles. The minimum atomic E-state index is -2.21. The third kappa shape index (κ3) is 23.2. The maximum Gasteiger partial charge on any atom is 0.315 e. The summed E-state index contributed by atoms with van der Waals surface area (Å²) in [6.07, 6.45) is 22.6. The molecule has 0 bridgehead atoms. The van der Waals surface area contributed by atoms with E-state index in [1.54, 1.807) is 0 Å².